The third-order valence-electron chi connectivity index (χ3n) is 2.17. The van der Waals surface area contributed by atoms with Gasteiger partial charge >= 0.3 is 5.97 Å². The van der Waals surface area contributed by atoms with Gasteiger partial charge in [0.15, 0.2) is 11.5 Å². The molecule has 0 bridgehead atoms. The number of nitrogens with zero attached hydrogens (tertiary/aromatic N) is 1. The van der Waals surface area contributed by atoms with E-state index in [0.29, 0.717) is 11.5 Å². The maximum absolute atomic E-state index is 10.7. The molecule has 0 unspecified atom stereocenters. The Morgan fingerprint density at radius 2 is 2.24 bits per heavy atom. The molecule has 1 aromatic heterocycles. The number of carboxylic acids is 1. The Kier molecular flexibility index (Phi) is 3.14. The molecule has 0 aliphatic carbocycles. The zero-order valence-corrected chi connectivity index (χ0v) is 10.4. The fourth-order valence-electron chi connectivity index (χ4n) is 1.33. The number of hydrogen-bond acceptors (Lipinski definition) is 4. The molecular weight excluding hydrogens is 290 g/mol. The second kappa shape index (κ2) is 4.58. The molecule has 1 aromatic carbocycles. The standard InChI is InChI=1S/C11H8BrNO4/c1-16-9-3-2-6(4-7(9)12)10-5-8(11(14)15)13-17-10/h2-5H,1H3,(H,14,15). The summed E-state index contributed by atoms with van der Waals surface area (Å²) in [4.78, 5) is 10.7. The minimum absolute atomic E-state index is 0.119. The lowest BCUT2D eigenvalue weighted by atomic mass is 10.1. The Balaban J connectivity index is 2.39. The van der Waals surface area contributed by atoms with Crippen molar-refractivity contribution in [1.29, 1.82) is 0 Å². The average Bonchev–Trinajstić information content (AvgIpc) is 2.78. The second-order valence-electron chi connectivity index (χ2n) is 3.23. The van der Waals surface area contributed by atoms with Gasteiger partial charge in [-0.15, -0.1) is 0 Å². The van der Waals surface area contributed by atoms with Crippen LogP contribution in [-0.4, -0.2) is 23.3 Å². The van der Waals surface area contributed by atoms with Crippen LogP contribution in [0, 0.1) is 0 Å². The summed E-state index contributed by atoms with van der Waals surface area (Å²) in [6.45, 7) is 0. The van der Waals surface area contributed by atoms with Gasteiger partial charge in [0.05, 0.1) is 11.6 Å². The van der Waals surface area contributed by atoms with E-state index in [1.54, 1.807) is 25.3 Å². The maximum atomic E-state index is 10.7. The summed E-state index contributed by atoms with van der Waals surface area (Å²) >= 11 is 3.34. The first kappa shape index (κ1) is 11.7. The summed E-state index contributed by atoms with van der Waals surface area (Å²) in [5, 5.41) is 12.2. The number of aromatic carboxylic acids is 1. The van der Waals surface area contributed by atoms with Crippen LogP contribution in [0.4, 0.5) is 0 Å². The number of carbonyl (C=O) groups is 1. The molecule has 0 aliphatic heterocycles. The zero-order valence-electron chi connectivity index (χ0n) is 8.81. The lowest BCUT2D eigenvalue weighted by molar-refractivity contribution is 0.0686. The summed E-state index contributed by atoms with van der Waals surface area (Å²) in [5.74, 6) is -0.0370. The average molecular weight is 298 g/mol. The van der Waals surface area contributed by atoms with Gasteiger partial charge < -0.3 is 14.4 Å². The molecule has 0 spiro atoms. The van der Waals surface area contributed by atoms with Crippen LogP contribution in [0.3, 0.4) is 0 Å². The SMILES string of the molecule is COc1ccc(-c2cc(C(=O)O)no2)cc1Br. The first-order chi connectivity index (χ1) is 8.11. The van der Waals surface area contributed by atoms with Gasteiger partial charge in [-0.1, -0.05) is 5.16 Å². The van der Waals surface area contributed by atoms with E-state index in [2.05, 4.69) is 21.1 Å². The van der Waals surface area contributed by atoms with Gasteiger partial charge in [-0.25, -0.2) is 4.79 Å². The summed E-state index contributed by atoms with van der Waals surface area (Å²) in [7, 11) is 1.57. The Labute approximate surface area is 105 Å². The molecule has 0 radical (unpaired) electrons. The Hall–Kier alpha value is -1.82. The number of rotatable bonds is 3. The molecule has 1 heterocycles. The van der Waals surface area contributed by atoms with Crippen molar-refractivity contribution in [3.63, 3.8) is 0 Å². The van der Waals surface area contributed by atoms with Crippen molar-refractivity contribution in [2.24, 2.45) is 0 Å². The number of methoxy groups -OCH3 is 1. The lowest BCUT2D eigenvalue weighted by Crippen LogP contribution is -1.94. The van der Waals surface area contributed by atoms with Crippen molar-refractivity contribution in [3.05, 3.63) is 34.4 Å². The summed E-state index contributed by atoms with van der Waals surface area (Å²) in [6.07, 6.45) is 0. The van der Waals surface area contributed by atoms with E-state index >= 15 is 0 Å². The van der Waals surface area contributed by atoms with Gasteiger partial charge in [-0.2, -0.15) is 0 Å². The molecule has 1 N–H and O–H groups in total. The van der Waals surface area contributed by atoms with Crippen molar-refractivity contribution < 1.29 is 19.2 Å². The highest BCUT2D eigenvalue weighted by molar-refractivity contribution is 9.10. The minimum atomic E-state index is -1.12. The summed E-state index contributed by atoms with van der Waals surface area (Å²) < 4.78 is 10.8. The van der Waals surface area contributed by atoms with Crippen LogP contribution in [0.25, 0.3) is 11.3 Å². The van der Waals surface area contributed by atoms with Gasteiger partial charge in [-0.3, -0.25) is 0 Å². The molecule has 6 heteroatoms. The molecule has 0 atom stereocenters. The van der Waals surface area contributed by atoms with E-state index in [4.69, 9.17) is 14.4 Å². The first-order valence-corrected chi connectivity index (χ1v) is 5.45. The van der Waals surface area contributed by atoms with Crippen molar-refractivity contribution in [3.8, 4) is 17.1 Å². The van der Waals surface area contributed by atoms with Crippen LogP contribution in [0.15, 0.2) is 33.3 Å². The molecule has 2 rings (SSSR count). The molecule has 0 fully saturated rings. The number of halogens is 1. The van der Waals surface area contributed by atoms with Crippen molar-refractivity contribution in [1.82, 2.24) is 5.16 Å². The molecule has 0 aliphatic rings. The Morgan fingerprint density at radius 1 is 1.47 bits per heavy atom. The highest BCUT2D eigenvalue weighted by Crippen LogP contribution is 2.30. The summed E-state index contributed by atoms with van der Waals surface area (Å²) in [5.41, 5.74) is 0.601. The molecule has 0 amide bonds. The number of carboxylic acid groups (broad SMARTS) is 1. The predicted octanol–water partition coefficient (Wildman–Crippen LogP) is 2.81. The zero-order chi connectivity index (χ0) is 12.4. The first-order valence-electron chi connectivity index (χ1n) is 4.65. The van der Waals surface area contributed by atoms with E-state index < -0.39 is 5.97 Å². The number of aromatic nitrogens is 1. The third-order valence-corrected chi connectivity index (χ3v) is 2.79. The third kappa shape index (κ3) is 2.31. The minimum Gasteiger partial charge on any atom is -0.496 e. The molecule has 0 saturated heterocycles. The quantitative estimate of drug-likeness (QED) is 0.943. The Bertz CT molecular complexity index is 564. The van der Waals surface area contributed by atoms with Crippen LogP contribution in [0.1, 0.15) is 10.5 Å². The van der Waals surface area contributed by atoms with Crippen molar-refractivity contribution in [2.75, 3.05) is 7.11 Å². The fraction of sp³-hybridized carbons (Fsp3) is 0.0909. The van der Waals surface area contributed by atoms with Crippen molar-refractivity contribution >= 4 is 21.9 Å². The fourth-order valence-corrected chi connectivity index (χ4v) is 1.87. The molecule has 88 valence electrons. The van der Waals surface area contributed by atoms with Gasteiger partial charge in [0, 0.05) is 11.6 Å². The molecular formula is C11H8BrNO4. The predicted molar refractivity (Wildman–Crippen MR) is 63.2 cm³/mol. The molecule has 0 saturated carbocycles. The van der Waals surface area contributed by atoms with Gasteiger partial charge in [0.1, 0.15) is 5.75 Å². The molecule has 17 heavy (non-hydrogen) atoms. The topological polar surface area (TPSA) is 72.6 Å². The number of benzene rings is 1. The van der Waals surface area contributed by atoms with Crippen LogP contribution >= 0.6 is 15.9 Å². The van der Waals surface area contributed by atoms with Gasteiger partial charge in [0.25, 0.3) is 0 Å². The number of hydrogen-bond donors (Lipinski definition) is 1. The summed E-state index contributed by atoms with van der Waals surface area (Å²) in [6, 6.07) is 6.65. The smallest absolute Gasteiger partial charge is 0.358 e. The van der Waals surface area contributed by atoms with Crippen LogP contribution in [-0.2, 0) is 0 Å². The largest absolute Gasteiger partial charge is 0.496 e. The normalized spacial score (nSPS) is 10.2. The Morgan fingerprint density at radius 3 is 2.76 bits per heavy atom. The van der Waals surface area contributed by atoms with E-state index in [1.807, 2.05) is 0 Å². The molecule has 2 aromatic rings. The monoisotopic (exact) mass is 297 g/mol. The van der Waals surface area contributed by atoms with Crippen LogP contribution < -0.4 is 4.74 Å². The van der Waals surface area contributed by atoms with E-state index in [0.717, 1.165) is 10.0 Å². The van der Waals surface area contributed by atoms with Crippen molar-refractivity contribution in [2.45, 2.75) is 0 Å². The van der Waals surface area contributed by atoms with Crippen LogP contribution in [0.2, 0.25) is 0 Å². The second-order valence-corrected chi connectivity index (χ2v) is 4.09. The van der Waals surface area contributed by atoms with E-state index in [9.17, 15) is 4.79 Å². The number of ether oxygens (including phenoxy) is 1. The highest BCUT2D eigenvalue weighted by Gasteiger charge is 2.13. The van der Waals surface area contributed by atoms with E-state index in [1.165, 1.54) is 6.07 Å². The van der Waals surface area contributed by atoms with Gasteiger partial charge in [-0.05, 0) is 34.1 Å². The highest BCUT2D eigenvalue weighted by atomic mass is 79.9. The maximum Gasteiger partial charge on any atom is 0.358 e. The van der Waals surface area contributed by atoms with Gasteiger partial charge in [0.2, 0.25) is 0 Å². The van der Waals surface area contributed by atoms with Crippen LogP contribution in [0.5, 0.6) is 5.75 Å². The molecule has 5 nitrogen and oxygen atoms in total. The van der Waals surface area contributed by atoms with E-state index in [-0.39, 0.29) is 5.69 Å². The lowest BCUT2D eigenvalue weighted by Gasteiger charge is -2.03.